The summed E-state index contributed by atoms with van der Waals surface area (Å²) in [5.41, 5.74) is 9.58. The van der Waals surface area contributed by atoms with Crippen molar-refractivity contribution in [3.8, 4) is 17.2 Å². The lowest BCUT2D eigenvalue weighted by atomic mass is 10.1. The predicted octanol–water partition coefficient (Wildman–Crippen LogP) is 3.69. The maximum Gasteiger partial charge on any atom is 0.317 e. The highest BCUT2D eigenvalue weighted by Crippen LogP contribution is 2.18. The van der Waals surface area contributed by atoms with Gasteiger partial charge in [-0.25, -0.2) is 14.6 Å². The Hall–Kier alpha value is -5.14. The first kappa shape index (κ1) is 34.7. The van der Waals surface area contributed by atoms with Gasteiger partial charge < -0.3 is 21.3 Å². The Balaban J connectivity index is 1.31. The first-order chi connectivity index (χ1) is 22.6. The number of carbonyl (C=O) groups excluding carboxylic acids is 1. The zero-order valence-corrected chi connectivity index (χ0v) is 26.7. The molecule has 0 saturated heterocycles. The maximum atomic E-state index is 12.3. The highest BCUT2D eigenvalue weighted by molar-refractivity contribution is 5.94. The van der Waals surface area contributed by atoms with Crippen LogP contribution in [0.25, 0.3) is 17.2 Å². The van der Waals surface area contributed by atoms with E-state index in [9.17, 15) is 14.4 Å². The molecule has 0 aliphatic heterocycles. The van der Waals surface area contributed by atoms with E-state index in [1.165, 1.54) is 4.90 Å². The fourth-order valence-corrected chi connectivity index (χ4v) is 5.23. The third-order valence-electron chi connectivity index (χ3n) is 7.69. The molecule has 0 aliphatic carbocycles. The number of anilines is 1. The number of rotatable bonds is 18. The molecule has 3 aromatic heterocycles. The van der Waals surface area contributed by atoms with E-state index in [1.807, 2.05) is 30.5 Å². The van der Waals surface area contributed by atoms with Gasteiger partial charge in [0.05, 0.1) is 30.2 Å². The Morgan fingerprint density at radius 3 is 2.23 bits per heavy atom. The predicted molar refractivity (Wildman–Crippen MR) is 178 cm³/mol. The molecule has 0 aliphatic rings. The van der Waals surface area contributed by atoms with Crippen LogP contribution >= 0.6 is 0 Å². The standard InChI is InChI=1S/C34H42N8O5/c1-3-41(24(2)8-4-5-18-36-34(47)25-13-15-26(35)16-14-25)21-28-10-7-12-31(38-28)42-19-17-30(39-42)29-11-6-9-27(37-29)20-40(22-32(43)44)23-33(45)46/h6-7,9-17,19,24H,3-5,8,18,20-23,35H2,1-2H3,(H,36,47)(H,43,44)(H,45,46). The Morgan fingerprint density at radius 2 is 1.55 bits per heavy atom. The quantitative estimate of drug-likeness (QED) is 0.0918. The van der Waals surface area contributed by atoms with E-state index in [0.717, 1.165) is 31.5 Å². The number of carbonyl (C=O) groups is 3. The number of aromatic nitrogens is 4. The highest BCUT2D eigenvalue weighted by atomic mass is 16.4. The molecular weight excluding hydrogens is 600 g/mol. The lowest BCUT2D eigenvalue weighted by Crippen LogP contribution is -2.34. The molecule has 0 spiro atoms. The van der Waals surface area contributed by atoms with E-state index in [0.29, 0.717) is 53.3 Å². The largest absolute Gasteiger partial charge is 0.480 e. The zero-order chi connectivity index (χ0) is 33.8. The second-order valence-corrected chi connectivity index (χ2v) is 11.4. The summed E-state index contributed by atoms with van der Waals surface area (Å²) in [6.07, 6.45) is 4.67. The number of nitrogens with one attached hydrogen (secondary N) is 1. The maximum absolute atomic E-state index is 12.3. The molecule has 0 radical (unpaired) electrons. The SMILES string of the molecule is CCN(Cc1cccc(-n2ccc(-c3cccc(CN(CC(=O)O)CC(=O)O)n3)n2)n1)C(C)CCCCNC(=O)c1ccc(N)cc1. The lowest BCUT2D eigenvalue weighted by molar-refractivity contribution is -0.142. The van der Waals surface area contributed by atoms with Crippen LogP contribution < -0.4 is 11.1 Å². The number of nitrogens with zero attached hydrogens (tertiary/aromatic N) is 6. The van der Waals surface area contributed by atoms with Crippen LogP contribution in [0.2, 0.25) is 0 Å². The minimum atomic E-state index is -1.11. The summed E-state index contributed by atoms with van der Waals surface area (Å²) < 4.78 is 1.69. The van der Waals surface area contributed by atoms with E-state index in [2.05, 4.69) is 34.1 Å². The second-order valence-electron chi connectivity index (χ2n) is 11.4. The van der Waals surface area contributed by atoms with Gasteiger partial charge in [-0.3, -0.25) is 24.2 Å². The molecule has 4 rings (SSSR count). The number of unbranched alkanes of at least 4 members (excludes halogenated alkanes) is 1. The second kappa shape index (κ2) is 17.0. The Bertz CT molecular complexity index is 1630. The van der Waals surface area contributed by atoms with Gasteiger partial charge in [-0.05, 0) is 80.9 Å². The van der Waals surface area contributed by atoms with Crippen LogP contribution in [-0.2, 0) is 22.7 Å². The number of aliphatic carboxylic acids is 2. The Kier molecular flexibility index (Phi) is 12.5. The first-order valence-corrected chi connectivity index (χ1v) is 15.6. The summed E-state index contributed by atoms with van der Waals surface area (Å²) >= 11 is 0. The van der Waals surface area contributed by atoms with Gasteiger partial charge in [-0.1, -0.05) is 25.5 Å². The minimum absolute atomic E-state index is 0.0736. The molecule has 0 bridgehead atoms. The van der Waals surface area contributed by atoms with Crippen LogP contribution in [0, 0.1) is 0 Å². The van der Waals surface area contributed by atoms with Gasteiger partial charge >= 0.3 is 11.9 Å². The normalized spacial score (nSPS) is 11.9. The van der Waals surface area contributed by atoms with E-state index in [4.69, 9.17) is 20.9 Å². The summed E-state index contributed by atoms with van der Waals surface area (Å²) in [5.74, 6) is -1.65. The van der Waals surface area contributed by atoms with Crippen LogP contribution in [-0.4, -0.2) is 89.8 Å². The van der Waals surface area contributed by atoms with Crippen molar-refractivity contribution in [2.24, 2.45) is 0 Å². The van der Waals surface area contributed by atoms with Gasteiger partial charge in [0, 0.05) is 43.1 Å². The molecule has 1 unspecified atom stereocenters. The average Bonchev–Trinajstić information content (AvgIpc) is 3.54. The minimum Gasteiger partial charge on any atom is -0.480 e. The summed E-state index contributed by atoms with van der Waals surface area (Å²) in [5, 5.41) is 25.9. The molecule has 13 nitrogen and oxygen atoms in total. The van der Waals surface area contributed by atoms with Gasteiger partial charge in [0.1, 0.15) is 5.69 Å². The Labute approximate surface area is 274 Å². The number of carboxylic acid groups (broad SMARTS) is 2. The zero-order valence-electron chi connectivity index (χ0n) is 26.7. The number of pyridine rings is 2. The Morgan fingerprint density at radius 1 is 0.872 bits per heavy atom. The summed E-state index contributed by atoms with van der Waals surface area (Å²) in [4.78, 5) is 47.8. The molecule has 5 N–H and O–H groups in total. The molecule has 1 atom stereocenters. The number of amides is 1. The number of nitrogens with two attached hydrogens (primary N) is 1. The van der Waals surface area contributed by atoms with Crippen LogP contribution in [0.5, 0.6) is 0 Å². The summed E-state index contributed by atoms with van der Waals surface area (Å²) in [6.45, 7) is 5.77. The van der Waals surface area contributed by atoms with Crippen molar-refractivity contribution in [2.75, 3.05) is 31.9 Å². The molecular formula is C34H42N8O5. The monoisotopic (exact) mass is 642 g/mol. The van der Waals surface area contributed by atoms with Gasteiger partial charge in [-0.15, -0.1) is 0 Å². The van der Waals surface area contributed by atoms with Crippen molar-refractivity contribution >= 4 is 23.5 Å². The van der Waals surface area contributed by atoms with Gasteiger partial charge in [0.25, 0.3) is 5.91 Å². The number of hydrogen-bond acceptors (Lipinski definition) is 9. The van der Waals surface area contributed by atoms with Gasteiger partial charge in [0.2, 0.25) is 0 Å². The third-order valence-corrected chi connectivity index (χ3v) is 7.69. The van der Waals surface area contributed by atoms with Crippen LogP contribution in [0.3, 0.4) is 0 Å². The molecule has 3 heterocycles. The molecule has 4 aromatic rings. The van der Waals surface area contributed by atoms with Crippen LogP contribution in [0.1, 0.15) is 54.9 Å². The van der Waals surface area contributed by atoms with Crippen molar-refractivity contribution in [1.29, 1.82) is 0 Å². The fourth-order valence-electron chi connectivity index (χ4n) is 5.23. The molecule has 0 fully saturated rings. The third kappa shape index (κ3) is 10.7. The van der Waals surface area contributed by atoms with E-state index in [-0.39, 0.29) is 12.5 Å². The number of nitrogen functional groups attached to an aromatic ring is 1. The van der Waals surface area contributed by atoms with Crippen LogP contribution in [0.15, 0.2) is 72.9 Å². The topological polar surface area (TPSA) is 180 Å². The van der Waals surface area contributed by atoms with Crippen molar-refractivity contribution in [1.82, 2.24) is 34.9 Å². The van der Waals surface area contributed by atoms with Crippen molar-refractivity contribution in [2.45, 2.75) is 52.2 Å². The molecule has 248 valence electrons. The number of hydrogen-bond donors (Lipinski definition) is 4. The first-order valence-electron chi connectivity index (χ1n) is 15.6. The fraction of sp³-hybridized carbons (Fsp3) is 0.353. The van der Waals surface area contributed by atoms with Crippen molar-refractivity contribution in [3.63, 3.8) is 0 Å². The average molecular weight is 643 g/mol. The smallest absolute Gasteiger partial charge is 0.317 e. The number of carboxylic acids is 2. The number of benzene rings is 1. The molecule has 0 saturated carbocycles. The van der Waals surface area contributed by atoms with E-state index in [1.54, 1.807) is 47.1 Å². The van der Waals surface area contributed by atoms with E-state index < -0.39 is 25.0 Å². The molecule has 1 aromatic carbocycles. The molecule has 47 heavy (non-hydrogen) atoms. The van der Waals surface area contributed by atoms with Gasteiger partial charge in [0.15, 0.2) is 5.82 Å². The van der Waals surface area contributed by atoms with E-state index >= 15 is 0 Å². The lowest BCUT2D eigenvalue weighted by Gasteiger charge is -2.27. The van der Waals surface area contributed by atoms with Crippen LogP contribution in [0.4, 0.5) is 5.69 Å². The van der Waals surface area contributed by atoms with Gasteiger partial charge in [-0.2, -0.15) is 5.10 Å². The van der Waals surface area contributed by atoms with Crippen molar-refractivity contribution in [3.05, 3.63) is 89.9 Å². The molecule has 13 heteroatoms. The summed E-state index contributed by atoms with van der Waals surface area (Å²) in [7, 11) is 0. The summed E-state index contributed by atoms with van der Waals surface area (Å²) in [6, 6.07) is 20.2. The molecule has 1 amide bonds. The van der Waals surface area contributed by atoms with Crippen molar-refractivity contribution < 1.29 is 24.6 Å². The highest BCUT2D eigenvalue weighted by Gasteiger charge is 2.17.